The van der Waals surface area contributed by atoms with Gasteiger partial charge in [0, 0.05) is 12.0 Å². The van der Waals surface area contributed by atoms with Crippen molar-refractivity contribution < 1.29 is 18.7 Å². The van der Waals surface area contributed by atoms with Crippen molar-refractivity contribution in [3.05, 3.63) is 59.9 Å². The van der Waals surface area contributed by atoms with Crippen LogP contribution in [0.2, 0.25) is 0 Å². The van der Waals surface area contributed by atoms with E-state index in [1.807, 2.05) is 0 Å². The first-order valence-electron chi connectivity index (χ1n) is 6.90. The molecule has 1 amide bonds. The van der Waals surface area contributed by atoms with Gasteiger partial charge in [-0.15, -0.1) is 0 Å². The molecule has 0 saturated heterocycles. The number of Topliss-reactive ketones (excluding diaryl/α,β-unsaturated/α-hetero) is 1. The molecule has 0 aliphatic carbocycles. The Balaban J connectivity index is 1.89. The second-order valence-electron chi connectivity index (χ2n) is 4.62. The summed E-state index contributed by atoms with van der Waals surface area (Å²) in [7, 11) is 0. The van der Waals surface area contributed by atoms with E-state index < -0.39 is 11.7 Å². The summed E-state index contributed by atoms with van der Waals surface area (Å²) in [5.41, 5.74) is 0.714. The van der Waals surface area contributed by atoms with Gasteiger partial charge in [0.25, 0.3) is 5.91 Å². The number of amides is 1. The van der Waals surface area contributed by atoms with E-state index in [4.69, 9.17) is 4.74 Å². The maximum absolute atomic E-state index is 13.4. The van der Waals surface area contributed by atoms with Gasteiger partial charge in [-0.25, -0.2) is 4.39 Å². The van der Waals surface area contributed by atoms with Crippen molar-refractivity contribution in [3.8, 4) is 5.75 Å². The van der Waals surface area contributed by atoms with Crippen LogP contribution in [0.1, 0.15) is 23.7 Å². The van der Waals surface area contributed by atoms with E-state index in [0.717, 1.165) is 0 Å². The quantitative estimate of drug-likeness (QED) is 0.832. The Labute approximate surface area is 127 Å². The maximum Gasteiger partial charge on any atom is 0.262 e. The second-order valence-corrected chi connectivity index (χ2v) is 4.62. The minimum Gasteiger partial charge on any atom is -0.484 e. The highest BCUT2D eigenvalue weighted by atomic mass is 19.1. The summed E-state index contributed by atoms with van der Waals surface area (Å²) in [5.74, 6) is -0.447. The predicted octanol–water partition coefficient (Wildman–Crippen LogP) is 3.44. The van der Waals surface area contributed by atoms with Crippen LogP contribution in [0, 0.1) is 5.82 Å². The van der Waals surface area contributed by atoms with Gasteiger partial charge in [0.1, 0.15) is 11.6 Å². The second kappa shape index (κ2) is 7.36. The van der Waals surface area contributed by atoms with Crippen LogP contribution in [0.4, 0.5) is 10.1 Å². The van der Waals surface area contributed by atoms with Crippen LogP contribution in [0.5, 0.6) is 5.75 Å². The summed E-state index contributed by atoms with van der Waals surface area (Å²) >= 11 is 0. The van der Waals surface area contributed by atoms with Gasteiger partial charge < -0.3 is 10.1 Å². The molecule has 0 fully saturated rings. The van der Waals surface area contributed by atoms with E-state index in [2.05, 4.69) is 5.32 Å². The Bertz CT molecular complexity index is 668. The maximum atomic E-state index is 13.4. The summed E-state index contributed by atoms with van der Waals surface area (Å²) in [6.45, 7) is 1.55. The predicted molar refractivity (Wildman–Crippen MR) is 81.6 cm³/mol. The number of benzene rings is 2. The molecule has 2 aromatic carbocycles. The van der Waals surface area contributed by atoms with E-state index in [0.29, 0.717) is 17.7 Å². The molecule has 22 heavy (non-hydrogen) atoms. The van der Waals surface area contributed by atoms with Crippen LogP contribution in [0.25, 0.3) is 0 Å². The Morgan fingerprint density at radius 1 is 1.09 bits per heavy atom. The van der Waals surface area contributed by atoms with Gasteiger partial charge >= 0.3 is 0 Å². The molecule has 2 aromatic rings. The summed E-state index contributed by atoms with van der Waals surface area (Å²) in [6, 6.07) is 12.5. The highest BCUT2D eigenvalue weighted by Gasteiger charge is 2.08. The van der Waals surface area contributed by atoms with Gasteiger partial charge in [-0.3, -0.25) is 9.59 Å². The van der Waals surface area contributed by atoms with Gasteiger partial charge in [0.2, 0.25) is 0 Å². The molecular formula is C17H16FNO3. The van der Waals surface area contributed by atoms with E-state index >= 15 is 0 Å². The van der Waals surface area contributed by atoms with E-state index in [9.17, 15) is 14.0 Å². The first-order chi connectivity index (χ1) is 10.6. The number of carbonyl (C=O) groups excluding carboxylic acids is 2. The van der Waals surface area contributed by atoms with Crippen molar-refractivity contribution >= 4 is 17.4 Å². The molecule has 0 spiro atoms. The molecule has 2 rings (SSSR count). The van der Waals surface area contributed by atoms with Crippen molar-refractivity contribution in [2.45, 2.75) is 13.3 Å². The summed E-state index contributed by atoms with van der Waals surface area (Å²) < 4.78 is 18.7. The van der Waals surface area contributed by atoms with E-state index in [1.165, 1.54) is 12.1 Å². The van der Waals surface area contributed by atoms with Gasteiger partial charge in [0.15, 0.2) is 12.4 Å². The zero-order valence-electron chi connectivity index (χ0n) is 12.1. The highest BCUT2D eigenvalue weighted by molar-refractivity contribution is 5.96. The number of hydrogen-bond acceptors (Lipinski definition) is 3. The molecule has 0 saturated carbocycles. The zero-order chi connectivity index (χ0) is 15.9. The molecule has 1 N–H and O–H groups in total. The summed E-state index contributed by atoms with van der Waals surface area (Å²) in [4.78, 5) is 23.2. The Kier molecular flexibility index (Phi) is 5.25. The fraction of sp³-hybridized carbons (Fsp3) is 0.176. The number of rotatable bonds is 6. The molecule has 0 aromatic heterocycles. The third kappa shape index (κ3) is 4.15. The van der Waals surface area contributed by atoms with E-state index in [1.54, 1.807) is 43.3 Å². The SMILES string of the molecule is CCC(=O)c1ccc(OCC(=O)Nc2ccccc2F)cc1. The molecule has 4 nitrogen and oxygen atoms in total. The molecule has 0 aliphatic rings. The lowest BCUT2D eigenvalue weighted by atomic mass is 10.1. The van der Waals surface area contributed by atoms with Crippen LogP contribution < -0.4 is 10.1 Å². The molecule has 0 unspecified atom stereocenters. The monoisotopic (exact) mass is 301 g/mol. The standard InChI is InChI=1S/C17H16FNO3/c1-2-16(20)12-7-9-13(10-8-12)22-11-17(21)19-15-6-4-3-5-14(15)18/h3-10H,2,11H2,1H3,(H,19,21). The van der Waals surface area contributed by atoms with Crippen LogP contribution in [0.15, 0.2) is 48.5 Å². The summed E-state index contributed by atoms with van der Waals surface area (Å²) in [6.07, 6.45) is 0.436. The number of anilines is 1. The van der Waals surface area contributed by atoms with Crippen molar-refractivity contribution in [1.29, 1.82) is 0 Å². The number of ether oxygens (including phenoxy) is 1. The number of halogens is 1. The minimum atomic E-state index is -0.502. The molecule has 0 heterocycles. The Hall–Kier alpha value is -2.69. The topological polar surface area (TPSA) is 55.4 Å². The number of hydrogen-bond donors (Lipinski definition) is 1. The van der Waals surface area contributed by atoms with Crippen LogP contribution in [-0.4, -0.2) is 18.3 Å². The molecule has 114 valence electrons. The minimum absolute atomic E-state index is 0.0452. The first-order valence-corrected chi connectivity index (χ1v) is 6.90. The van der Waals surface area contributed by atoms with Crippen LogP contribution >= 0.6 is 0 Å². The molecule has 0 aliphatic heterocycles. The fourth-order valence-corrected chi connectivity index (χ4v) is 1.84. The molecule has 0 bridgehead atoms. The molecule has 0 atom stereocenters. The van der Waals surface area contributed by atoms with Crippen molar-refractivity contribution in [1.82, 2.24) is 0 Å². The average Bonchev–Trinajstić information content (AvgIpc) is 2.55. The number of nitrogens with one attached hydrogen (secondary N) is 1. The molecular weight excluding hydrogens is 285 g/mol. The van der Waals surface area contributed by atoms with Gasteiger partial charge in [0.05, 0.1) is 5.69 Å². The van der Waals surface area contributed by atoms with Gasteiger partial charge in [-0.2, -0.15) is 0 Å². The normalized spacial score (nSPS) is 10.1. The lowest BCUT2D eigenvalue weighted by molar-refractivity contribution is -0.118. The zero-order valence-corrected chi connectivity index (χ0v) is 12.1. The smallest absolute Gasteiger partial charge is 0.262 e. The van der Waals surface area contributed by atoms with Crippen molar-refractivity contribution in [3.63, 3.8) is 0 Å². The highest BCUT2D eigenvalue weighted by Crippen LogP contribution is 2.15. The Morgan fingerprint density at radius 3 is 2.41 bits per heavy atom. The molecule has 0 radical (unpaired) electrons. The first kappa shape index (κ1) is 15.7. The number of carbonyl (C=O) groups is 2. The average molecular weight is 301 g/mol. The van der Waals surface area contributed by atoms with E-state index in [-0.39, 0.29) is 18.1 Å². The van der Waals surface area contributed by atoms with Gasteiger partial charge in [-0.05, 0) is 36.4 Å². The molecule has 5 heteroatoms. The van der Waals surface area contributed by atoms with Crippen molar-refractivity contribution in [2.75, 3.05) is 11.9 Å². The number of ketones is 1. The third-order valence-electron chi connectivity index (χ3n) is 3.02. The van der Waals surface area contributed by atoms with Gasteiger partial charge in [-0.1, -0.05) is 19.1 Å². The third-order valence-corrected chi connectivity index (χ3v) is 3.02. The lowest BCUT2D eigenvalue weighted by Crippen LogP contribution is -2.20. The van der Waals surface area contributed by atoms with Crippen LogP contribution in [0.3, 0.4) is 0 Å². The largest absolute Gasteiger partial charge is 0.484 e. The van der Waals surface area contributed by atoms with Crippen LogP contribution in [-0.2, 0) is 4.79 Å². The fourth-order valence-electron chi connectivity index (χ4n) is 1.84. The van der Waals surface area contributed by atoms with Crippen molar-refractivity contribution in [2.24, 2.45) is 0 Å². The lowest BCUT2D eigenvalue weighted by Gasteiger charge is -2.08. The summed E-state index contributed by atoms with van der Waals surface area (Å²) in [5, 5.41) is 2.43. The Morgan fingerprint density at radius 2 is 1.77 bits per heavy atom. The number of para-hydroxylation sites is 1.